The number of carbonyl (C=O) groups is 2. The smallest absolute Gasteiger partial charge is 0.306 e. The monoisotopic (exact) mass is 858 g/mol. The first-order chi connectivity index (χ1) is 22.0. The van der Waals surface area contributed by atoms with Crippen LogP contribution in [-0.2, 0) is 36.7 Å². The molecule has 0 heterocycles. The van der Waals surface area contributed by atoms with Gasteiger partial charge in [0.1, 0.15) is 29.6 Å². The quantitative estimate of drug-likeness (QED) is 0.0322. The minimum Gasteiger partial charge on any atom is -0.616 e. The van der Waals surface area contributed by atoms with Crippen molar-refractivity contribution in [1.29, 1.82) is 0 Å². The van der Waals surface area contributed by atoms with E-state index in [0.717, 1.165) is 95.1 Å². The maximum Gasteiger partial charge on any atom is 0.306 e. The number of esters is 1. The summed E-state index contributed by atoms with van der Waals surface area (Å²) in [4.78, 5) is 23.4. The standard InChI is InChI=1S/C26H50O7S12/c27-5-7-33-25(29)3-10-36-21-40-19-35-9-2-16-45(32)18-14-39-24-42-23-38-12-13-43-26(30)4-11-37-22-41-20-34-8-1-15-44(31)17-6-28/h27-28H,1-24H2. The molecule has 0 spiro atoms. The molecule has 2 unspecified atom stereocenters. The summed E-state index contributed by atoms with van der Waals surface area (Å²) in [5.74, 6) is 8.80. The van der Waals surface area contributed by atoms with E-state index in [1.54, 1.807) is 11.8 Å². The third kappa shape index (κ3) is 39.8. The van der Waals surface area contributed by atoms with Crippen molar-refractivity contribution in [2.75, 3.05) is 114 Å². The van der Waals surface area contributed by atoms with Crippen molar-refractivity contribution >= 4 is 151 Å². The molecule has 7 nitrogen and oxygen atoms in total. The first-order valence-corrected chi connectivity index (χ1v) is 28.8. The van der Waals surface area contributed by atoms with E-state index in [9.17, 15) is 18.7 Å². The van der Waals surface area contributed by atoms with Crippen LogP contribution in [0, 0.1) is 0 Å². The number of hydrogen-bond acceptors (Lipinski definition) is 17. The topological polar surface area (TPSA) is 130 Å². The predicted octanol–water partition coefficient (Wildman–Crippen LogP) is 6.18. The van der Waals surface area contributed by atoms with E-state index in [-0.39, 0.29) is 30.9 Å². The molecule has 45 heavy (non-hydrogen) atoms. The lowest BCUT2D eigenvalue weighted by Crippen LogP contribution is -2.14. The average molecular weight is 859 g/mol. The van der Waals surface area contributed by atoms with Crippen molar-refractivity contribution in [2.45, 2.75) is 25.7 Å². The average Bonchev–Trinajstić information content (AvgIpc) is 3.02. The van der Waals surface area contributed by atoms with E-state index in [4.69, 9.17) is 14.9 Å². The van der Waals surface area contributed by atoms with Crippen LogP contribution >= 0.6 is 118 Å². The van der Waals surface area contributed by atoms with Gasteiger partial charge in [0.05, 0.1) is 19.6 Å². The molecule has 0 aliphatic heterocycles. The van der Waals surface area contributed by atoms with Crippen molar-refractivity contribution in [2.24, 2.45) is 0 Å². The summed E-state index contributed by atoms with van der Waals surface area (Å²) in [6.07, 6.45) is 2.92. The molecule has 0 saturated carbocycles. The molecule has 268 valence electrons. The van der Waals surface area contributed by atoms with E-state index < -0.39 is 22.4 Å². The summed E-state index contributed by atoms with van der Waals surface area (Å²) in [5, 5.41) is 23.7. The molecule has 0 rings (SSSR count). The van der Waals surface area contributed by atoms with Crippen LogP contribution in [0.15, 0.2) is 0 Å². The highest BCUT2D eigenvalue weighted by Gasteiger charge is 2.07. The fourth-order valence-electron chi connectivity index (χ4n) is 2.74. The van der Waals surface area contributed by atoms with Gasteiger partial charge in [0.15, 0.2) is 5.12 Å². The normalized spacial score (nSPS) is 12.8. The zero-order chi connectivity index (χ0) is 33.1. The second kappa shape index (κ2) is 40.0. The number of hydrogen-bond donors (Lipinski definition) is 2. The van der Waals surface area contributed by atoms with Gasteiger partial charge >= 0.3 is 5.97 Å². The number of thioether (sulfide) groups is 10. The Kier molecular flexibility index (Phi) is 42.8. The largest absolute Gasteiger partial charge is 0.616 e. The molecule has 0 amide bonds. The van der Waals surface area contributed by atoms with Gasteiger partial charge in [-0.1, -0.05) is 34.1 Å². The van der Waals surface area contributed by atoms with Crippen molar-refractivity contribution in [1.82, 2.24) is 0 Å². The van der Waals surface area contributed by atoms with Gasteiger partial charge in [0, 0.05) is 78.5 Å². The molecule has 0 aliphatic carbocycles. The Morgan fingerprint density at radius 3 is 1.58 bits per heavy atom. The first kappa shape index (κ1) is 48.2. The maximum absolute atomic E-state index is 12.2. The van der Waals surface area contributed by atoms with Crippen LogP contribution in [0.25, 0.3) is 0 Å². The van der Waals surface area contributed by atoms with Crippen LogP contribution in [0.1, 0.15) is 25.7 Å². The van der Waals surface area contributed by atoms with Crippen LogP contribution in [0.2, 0.25) is 0 Å². The molecule has 0 aliphatic rings. The predicted molar refractivity (Wildman–Crippen MR) is 224 cm³/mol. The van der Waals surface area contributed by atoms with Gasteiger partial charge in [0.2, 0.25) is 0 Å². The number of aliphatic hydroxyl groups is 2. The van der Waals surface area contributed by atoms with Gasteiger partial charge in [-0.3, -0.25) is 9.59 Å². The minimum atomic E-state index is -0.878. The summed E-state index contributed by atoms with van der Waals surface area (Å²) in [6.45, 7) is -0.0507. The molecule has 0 radical (unpaired) electrons. The number of ether oxygens (including phenoxy) is 1. The van der Waals surface area contributed by atoms with Crippen LogP contribution < -0.4 is 0 Å². The Hall–Kier alpha value is 3.18. The Morgan fingerprint density at radius 1 is 0.533 bits per heavy atom. The van der Waals surface area contributed by atoms with Crippen molar-refractivity contribution in [3.63, 3.8) is 0 Å². The lowest BCUT2D eigenvalue weighted by molar-refractivity contribution is -0.144. The van der Waals surface area contributed by atoms with Crippen molar-refractivity contribution in [3.05, 3.63) is 0 Å². The Bertz CT molecular complexity index is 661. The number of aliphatic hydroxyl groups excluding tert-OH is 2. The van der Waals surface area contributed by atoms with E-state index in [0.29, 0.717) is 24.3 Å². The fourth-order valence-corrected chi connectivity index (χ4v) is 16.9. The molecule has 0 aromatic rings. The SMILES string of the molecule is O=C(CCSCSCSCCC[S+]([O-])CCSCSCSCCSC(=O)CCSCSCSCCC[S+]([O-])CCO)OCCO. The van der Waals surface area contributed by atoms with Crippen LogP contribution in [0.4, 0.5) is 0 Å². The summed E-state index contributed by atoms with van der Waals surface area (Å²) < 4.78 is 28.5. The number of carbonyl (C=O) groups excluding carboxylic acids is 2. The molecular weight excluding hydrogens is 809 g/mol. The Labute approximate surface area is 320 Å². The second-order valence-electron chi connectivity index (χ2n) is 8.56. The van der Waals surface area contributed by atoms with E-state index in [2.05, 4.69) is 0 Å². The summed E-state index contributed by atoms with van der Waals surface area (Å²) in [6, 6.07) is 0. The summed E-state index contributed by atoms with van der Waals surface area (Å²) in [7, 11) is 0. The van der Waals surface area contributed by atoms with E-state index >= 15 is 0 Å². The highest BCUT2D eigenvalue weighted by Crippen LogP contribution is 2.22. The molecule has 0 saturated heterocycles. The Morgan fingerprint density at radius 2 is 1.02 bits per heavy atom. The van der Waals surface area contributed by atoms with Gasteiger partial charge < -0.3 is 24.1 Å². The van der Waals surface area contributed by atoms with Gasteiger partial charge in [-0.05, 0) is 11.5 Å². The zero-order valence-electron chi connectivity index (χ0n) is 25.8. The highest BCUT2D eigenvalue weighted by atomic mass is 32.2. The third-order valence-corrected chi connectivity index (χ3v) is 20.2. The second-order valence-corrected chi connectivity index (χ2v) is 24.9. The fraction of sp³-hybridized carbons (Fsp3) is 0.923. The molecule has 0 fully saturated rings. The lowest BCUT2D eigenvalue weighted by atomic mass is 10.5. The summed E-state index contributed by atoms with van der Waals surface area (Å²) >= 11 is 16.5. The molecule has 2 atom stereocenters. The van der Waals surface area contributed by atoms with Gasteiger partial charge in [0.25, 0.3) is 0 Å². The maximum atomic E-state index is 12.2. The molecule has 2 N–H and O–H groups in total. The molecular formula is C26H50O7S12. The molecule has 0 aromatic heterocycles. The molecule has 19 heteroatoms. The molecule has 0 bridgehead atoms. The van der Waals surface area contributed by atoms with Crippen molar-refractivity contribution < 1.29 is 33.6 Å². The number of rotatable bonds is 36. The van der Waals surface area contributed by atoms with Crippen LogP contribution in [0.5, 0.6) is 0 Å². The van der Waals surface area contributed by atoms with E-state index in [1.807, 2.05) is 94.1 Å². The Balaban J connectivity index is 3.28. The molecule has 0 aromatic carbocycles. The van der Waals surface area contributed by atoms with Gasteiger partial charge in [-0.2, -0.15) is 58.8 Å². The lowest BCUT2D eigenvalue weighted by Gasteiger charge is -2.10. The van der Waals surface area contributed by atoms with Gasteiger partial charge in [-0.15, -0.1) is 47.0 Å². The van der Waals surface area contributed by atoms with Gasteiger partial charge in [-0.25, -0.2) is 0 Å². The van der Waals surface area contributed by atoms with Crippen LogP contribution in [-0.4, -0.2) is 144 Å². The van der Waals surface area contributed by atoms with Crippen LogP contribution in [0.3, 0.4) is 0 Å². The van der Waals surface area contributed by atoms with E-state index in [1.165, 1.54) is 11.8 Å². The third-order valence-electron chi connectivity index (χ3n) is 4.84. The highest BCUT2D eigenvalue weighted by molar-refractivity contribution is 8.24. The first-order valence-electron chi connectivity index (χ1n) is 14.4. The van der Waals surface area contributed by atoms with Crippen molar-refractivity contribution in [3.8, 4) is 0 Å². The zero-order valence-corrected chi connectivity index (χ0v) is 35.6. The summed E-state index contributed by atoms with van der Waals surface area (Å²) in [5.41, 5.74) is 0. The minimum absolute atomic E-state index is 0.00195.